The van der Waals surface area contributed by atoms with Gasteiger partial charge in [-0.15, -0.1) is 0 Å². The number of benzene rings is 2. The summed E-state index contributed by atoms with van der Waals surface area (Å²) >= 11 is 6.31. The number of halogens is 1. The van der Waals surface area contributed by atoms with Gasteiger partial charge in [0.2, 0.25) is 0 Å². The molecule has 0 spiro atoms. The zero-order chi connectivity index (χ0) is 20.9. The average molecular weight is 428 g/mol. The topological polar surface area (TPSA) is 90.3 Å². The van der Waals surface area contributed by atoms with Gasteiger partial charge in [0.25, 0.3) is 0 Å². The van der Waals surface area contributed by atoms with E-state index in [1.807, 2.05) is 37.3 Å². The molecule has 1 aliphatic rings. The number of amides is 2. The summed E-state index contributed by atoms with van der Waals surface area (Å²) in [6, 6.07) is 10.9. The average Bonchev–Trinajstić information content (AvgIpc) is 3.18. The molecule has 1 atom stereocenters. The third kappa shape index (κ3) is 4.65. The number of carbonyl (C=O) groups is 1. The fourth-order valence-electron chi connectivity index (χ4n) is 3.16. The Labute approximate surface area is 179 Å². The number of aromatic nitrogens is 3. The Hall–Kier alpha value is -3.26. The van der Waals surface area contributed by atoms with Gasteiger partial charge in [-0.05, 0) is 42.3 Å². The molecule has 2 N–H and O–H groups in total. The van der Waals surface area contributed by atoms with Crippen LogP contribution in [-0.4, -0.2) is 34.0 Å². The molecule has 0 saturated heterocycles. The summed E-state index contributed by atoms with van der Waals surface area (Å²) in [5, 5.41) is 10.4. The first-order valence-electron chi connectivity index (χ1n) is 9.67. The molecule has 1 unspecified atom stereocenters. The molecule has 0 radical (unpaired) electrons. The van der Waals surface area contributed by atoms with Crippen molar-refractivity contribution in [2.24, 2.45) is 0 Å². The summed E-state index contributed by atoms with van der Waals surface area (Å²) in [7, 11) is 0. The lowest BCUT2D eigenvalue weighted by molar-refractivity contribution is 0.237. The highest BCUT2D eigenvalue weighted by molar-refractivity contribution is 6.32. The number of nitrogens with zero attached hydrogens (tertiary/aromatic N) is 3. The van der Waals surface area contributed by atoms with Gasteiger partial charge >= 0.3 is 6.03 Å². The smallest absolute Gasteiger partial charge is 0.315 e. The van der Waals surface area contributed by atoms with Crippen LogP contribution in [0, 0.1) is 0 Å². The fraction of sp³-hybridized carbons (Fsp3) is 0.286. The first kappa shape index (κ1) is 20.0. The molecule has 1 aliphatic heterocycles. The van der Waals surface area contributed by atoms with Crippen molar-refractivity contribution in [2.45, 2.75) is 25.9 Å². The highest BCUT2D eigenvalue weighted by Gasteiger charge is 2.16. The van der Waals surface area contributed by atoms with Crippen molar-refractivity contribution >= 4 is 17.6 Å². The third-order valence-electron chi connectivity index (χ3n) is 4.74. The van der Waals surface area contributed by atoms with Gasteiger partial charge in [0.1, 0.15) is 12.7 Å². The van der Waals surface area contributed by atoms with Gasteiger partial charge in [-0.3, -0.25) is 0 Å². The molecular formula is C21H22ClN5O3. The fourth-order valence-corrected chi connectivity index (χ4v) is 3.44. The van der Waals surface area contributed by atoms with E-state index in [2.05, 4.69) is 20.7 Å². The molecule has 9 heteroatoms. The molecule has 0 saturated carbocycles. The summed E-state index contributed by atoms with van der Waals surface area (Å²) in [6.45, 7) is 3.40. The molecule has 8 nitrogen and oxygen atoms in total. The number of rotatable bonds is 5. The minimum atomic E-state index is -0.272. The van der Waals surface area contributed by atoms with Crippen LogP contribution in [-0.2, 0) is 6.54 Å². The molecule has 2 aromatic carbocycles. The molecule has 0 bridgehead atoms. The Morgan fingerprint density at radius 1 is 1.23 bits per heavy atom. The Kier molecular flexibility index (Phi) is 6.04. The van der Waals surface area contributed by atoms with E-state index in [1.165, 1.54) is 6.33 Å². The standard InChI is InChI=1S/C21H22ClN5O3/c1-14(16-3-5-17(6-4-16)27-13-23-12-25-27)26-21(28)24-11-15-9-18(22)20-19(10-15)29-7-2-8-30-20/h3-6,9-10,12-14H,2,7-8,11H2,1H3,(H2,24,26,28). The summed E-state index contributed by atoms with van der Waals surface area (Å²) in [5.74, 6) is 1.17. The predicted molar refractivity (Wildman–Crippen MR) is 112 cm³/mol. The highest BCUT2D eigenvalue weighted by atomic mass is 35.5. The summed E-state index contributed by atoms with van der Waals surface area (Å²) < 4.78 is 13.0. The summed E-state index contributed by atoms with van der Waals surface area (Å²) in [4.78, 5) is 16.3. The minimum absolute atomic E-state index is 0.165. The minimum Gasteiger partial charge on any atom is -0.489 e. The summed E-state index contributed by atoms with van der Waals surface area (Å²) in [5.41, 5.74) is 2.72. The lowest BCUT2D eigenvalue weighted by Gasteiger charge is -2.16. The first-order valence-corrected chi connectivity index (χ1v) is 10.1. The van der Waals surface area contributed by atoms with Crippen LogP contribution in [0.3, 0.4) is 0 Å². The van der Waals surface area contributed by atoms with Gasteiger partial charge in [0, 0.05) is 13.0 Å². The molecule has 156 valence electrons. The molecular weight excluding hydrogens is 406 g/mol. The van der Waals surface area contributed by atoms with Gasteiger partial charge in [-0.2, -0.15) is 5.10 Å². The number of hydrogen-bond acceptors (Lipinski definition) is 5. The van der Waals surface area contributed by atoms with E-state index in [0.717, 1.165) is 23.2 Å². The number of ether oxygens (including phenoxy) is 2. The molecule has 0 fully saturated rings. The second kappa shape index (κ2) is 9.04. The molecule has 0 aliphatic carbocycles. The Balaban J connectivity index is 1.33. The predicted octanol–water partition coefficient (Wildman–Crippen LogP) is 3.64. The van der Waals surface area contributed by atoms with Crippen LogP contribution in [0.5, 0.6) is 11.5 Å². The van der Waals surface area contributed by atoms with Gasteiger partial charge in [-0.1, -0.05) is 23.7 Å². The van der Waals surface area contributed by atoms with Crippen LogP contribution in [0.2, 0.25) is 5.02 Å². The quantitative estimate of drug-likeness (QED) is 0.648. The number of nitrogens with one attached hydrogen (secondary N) is 2. The van der Waals surface area contributed by atoms with Crippen LogP contribution in [0.1, 0.15) is 30.5 Å². The lowest BCUT2D eigenvalue weighted by atomic mass is 10.1. The molecule has 2 heterocycles. The number of urea groups is 1. The Morgan fingerprint density at radius 3 is 2.80 bits per heavy atom. The van der Waals surface area contributed by atoms with Crippen LogP contribution < -0.4 is 20.1 Å². The van der Waals surface area contributed by atoms with Crippen molar-refractivity contribution < 1.29 is 14.3 Å². The van der Waals surface area contributed by atoms with Crippen LogP contribution in [0.4, 0.5) is 4.79 Å². The number of carbonyl (C=O) groups excluding carboxylic acids is 1. The van der Waals surface area contributed by atoms with Crippen molar-refractivity contribution in [3.05, 3.63) is 65.2 Å². The maximum atomic E-state index is 12.3. The van der Waals surface area contributed by atoms with Gasteiger partial charge < -0.3 is 20.1 Å². The lowest BCUT2D eigenvalue weighted by Crippen LogP contribution is -2.36. The maximum Gasteiger partial charge on any atom is 0.315 e. The zero-order valence-corrected chi connectivity index (χ0v) is 17.2. The Morgan fingerprint density at radius 2 is 2.03 bits per heavy atom. The monoisotopic (exact) mass is 427 g/mol. The van der Waals surface area contributed by atoms with E-state index < -0.39 is 0 Å². The van der Waals surface area contributed by atoms with Crippen LogP contribution in [0.15, 0.2) is 49.1 Å². The molecule has 4 rings (SSSR count). The van der Waals surface area contributed by atoms with E-state index in [1.54, 1.807) is 17.1 Å². The van der Waals surface area contributed by atoms with Crippen molar-refractivity contribution in [1.82, 2.24) is 25.4 Å². The van der Waals surface area contributed by atoms with Crippen LogP contribution in [0.25, 0.3) is 5.69 Å². The molecule has 30 heavy (non-hydrogen) atoms. The van der Waals surface area contributed by atoms with E-state index in [9.17, 15) is 4.79 Å². The highest BCUT2D eigenvalue weighted by Crippen LogP contribution is 2.37. The van der Waals surface area contributed by atoms with E-state index in [-0.39, 0.29) is 12.1 Å². The van der Waals surface area contributed by atoms with Crippen molar-refractivity contribution in [1.29, 1.82) is 0 Å². The molecule has 1 aromatic heterocycles. The van der Waals surface area contributed by atoms with Gasteiger partial charge in [-0.25, -0.2) is 14.5 Å². The van der Waals surface area contributed by atoms with Gasteiger partial charge in [0.05, 0.1) is 30.0 Å². The van der Waals surface area contributed by atoms with Crippen molar-refractivity contribution in [3.8, 4) is 17.2 Å². The second-order valence-electron chi connectivity index (χ2n) is 6.94. The third-order valence-corrected chi connectivity index (χ3v) is 5.02. The normalized spacial score (nSPS) is 13.9. The maximum absolute atomic E-state index is 12.3. The molecule has 3 aromatic rings. The van der Waals surface area contributed by atoms with Crippen LogP contribution >= 0.6 is 11.6 Å². The zero-order valence-electron chi connectivity index (χ0n) is 16.5. The molecule has 2 amide bonds. The first-order chi connectivity index (χ1) is 14.6. The SMILES string of the molecule is CC(NC(=O)NCc1cc(Cl)c2c(c1)OCCCO2)c1ccc(-n2cncn2)cc1. The second-order valence-corrected chi connectivity index (χ2v) is 7.34. The van der Waals surface area contributed by atoms with Gasteiger partial charge in [0.15, 0.2) is 11.5 Å². The number of fused-ring (bicyclic) bond motifs is 1. The van der Waals surface area contributed by atoms with Crippen molar-refractivity contribution in [2.75, 3.05) is 13.2 Å². The number of hydrogen-bond donors (Lipinski definition) is 2. The van der Waals surface area contributed by atoms with E-state index in [0.29, 0.717) is 36.3 Å². The van der Waals surface area contributed by atoms with E-state index >= 15 is 0 Å². The largest absolute Gasteiger partial charge is 0.489 e. The Bertz CT molecular complexity index is 1010. The summed E-state index contributed by atoms with van der Waals surface area (Å²) in [6.07, 6.45) is 3.92. The van der Waals surface area contributed by atoms with Crippen molar-refractivity contribution in [3.63, 3.8) is 0 Å². The van der Waals surface area contributed by atoms with E-state index in [4.69, 9.17) is 21.1 Å².